The van der Waals surface area contributed by atoms with Crippen LogP contribution in [0.25, 0.3) is 22.3 Å². The van der Waals surface area contributed by atoms with Gasteiger partial charge >= 0.3 is 26.2 Å². The van der Waals surface area contributed by atoms with Crippen molar-refractivity contribution in [3.8, 4) is 33.8 Å². The molecule has 5 heteroatoms. The standard InChI is InChI=1S/C49H47NO3.2C7H7.Zr/c1-31-24-33(46(51)44(26-31)48(3)40-19-9-5-15-36(40)37-16-6-10-20-41(37)48)28-50(30-35-14-13-23-53-35)29-34-25-32(2)27-45(47(34)52)49(4)42-21-11-7-17-38(42)39-18-8-12-22-43(39)49;2*1-7-5-3-2-4-6-7;/h5-12,15-22,24-27,35,51-52H,13-14,23,28-30H2,1-4H3;2*2-6H,1H2;/q;2*-1;+3. The number of phenolic OH excluding ortho intramolecular Hbond substituents is 2. The van der Waals surface area contributed by atoms with Gasteiger partial charge in [0.2, 0.25) is 0 Å². The van der Waals surface area contributed by atoms with Gasteiger partial charge in [-0.3, -0.25) is 4.90 Å². The fraction of sp³-hybridized carbons (Fsp3) is 0.206. The van der Waals surface area contributed by atoms with Crippen LogP contribution in [0.15, 0.2) is 182 Å². The predicted molar refractivity (Wildman–Crippen MR) is 275 cm³/mol. The van der Waals surface area contributed by atoms with Crippen LogP contribution in [-0.2, 0) is 54.9 Å². The van der Waals surface area contributed by atoms with E-state index in [1.165, 1.54) is 44.5 Å². The van der Waals surface area contributed by atoms with E-state index in [-0.39, 0.29) is 32.3 Å². The molecule has 0 saturated carbocycles. The second-order valence-corrected chi connectivity index (χ2v) is 18.8. The maximum absolute atomic E-state index is 12.4. The zero-order valence-corrected chi connectivity index (χ0v) is 42.3. The SMILES string of the molecule is Cc1cc(CN(Cc2cc(C)cc(C3(C)c4ccccc4-c4ccccc43)c2O)CC2CCCO2)c(O)c(C2(C)c3ccccc3-c3ccccc32)c1.[CH2-]c1ccccc1.[CH2-]c1ccccc1.[Zr+3]. The molecule has 2 aliphatic carbocycles. The summed E-state index contributed by atoms with van der Waals surface area (Å²) in [6, 6.07) is 62.8. The summed E-state index contributed by atoms with van der Waals surface area (Å²) in [6.45, 7) is 18.7. The third kappa shape index (κ3) is 9.37. The van der Waals surface area contributed by atoms with Gasteiger partial charge in [-0.05, 0) is 85.0 Å². The van der Waals surface area contributed by atoms with Crippen LogP contribution in [-0.4, -0.2) is 34.4 Å². The van der Waals surface area contributed by atoms with Crippen LogP contribution < -0.4 is 0 Å². The normalized spacial score (nSPS) is 15.3. The number of fused-ring (bicyclic) bond motifs is 6. The van der Waals surface area contributed by atoms with Gasteiger partial charge in [-0.1, -0.05) is 145 Å². The molecule has 0 spiro atoms. The molecule has 8 aromatic carbocycles. The van der Waals surface area contributed by atoms with Crippen molar-refractivity contribution in [2.45, 2.75) is 70.6 Å². The van der Waals surface area contributed by atoms with E-state index in [1.807, 2.05) is 60.7 Å². The number of hydrogen-bond acceptors (Lipinski definition) is 4. The zero-order valence-electron chi connectivity index (χ0n) is 39.8. The van der Waals surface area contributed by atoms with Crippen LogP contribution in [0.3, 0.4) is 0 Å². The van der Waals surface area contributed by atoms with Crippen LogP contribution in [0, 0.1) is 27.7 Å². The molecule has 2 N–H and O–H groups in total. The number of aryl methyl sites for hydroxylation is 2. The smallest absolute Gasteiger partial charge is 0.507 e. The Morgan fingerprint density at radius 3 is 1.15 bits per heavy atom. The van der Waals surface area contributed by atoms with Gasteiger partial charge in [0.25, 0.3) is 0 Å². The van der Waals surface area contributed by atoms with Gasteiger partial charge in [0, 0.05) is 59.3 Å². The van der Waals surface area contributed by atoms with Gasteiger partial charge in [-0.2, -0.15) is 49.2 Å². The van der Waals surface area contributed by atoms with Crippen LogP contribution in [0.1, 0.15) is 93.5 Å². The molecule has 1 saturated heterocycles. The largest absolute Gasteiger partial charge is 3.00 e. The van der Waals surface area contributed by atoms with Gasteiger partial charge in [0.1, 0.15) is 11.5 Å². The topological polar surface area (TPSA) is 52.9 Å². The number of benzene rings is 8. The van der Waals surface area contributed by atoms with Gasteiger partial charge in [0.05, 0.1) is 6.10 Å². The molecule has 339 valence electrons. The summed E-state index contributed by atoms with van der Waals surface area (Å²) >= 11 is 0. The van der Waals surface area contributed by atoms with Crippen molar-refractivity contribution in [2.24, 2.45) is 0 Å². The summed E-state index contributed by atoms with van der Waals surface area (Å²) in [5.41, 5.74) is 16.7. The van der Waals surface area contributed by atoms with E-state index in [2.05, 4.69) is 168 Å². The molecule has 3 aliphatic rings. The van der Waals surface area contributed by atoms with E-state index in [4.69, 9.17) is 4.74 Å². The predicted octanol–water partition coefficient (Wildman–Crippen LogP) is 14.3. The number of phenols is 2. The molecule has 0 bridgehead atoms. The third-order valence-corrected chi connectivity index (χ3v) is 14.1. The average Bonchev–Trinajstić information content (AvgIpc) is 4.03. The van der Waals surface area contributed by atoms with E-state index in [0.717, 1.165) is 64.0 Å². The van der Waals surface area contributed by atoms with E-state index in [1.54, 1.807) is 0 Å². The van der Waals surface area contributed by atoms with Gasteiger partial charge < -0.3 is 14.9 Å². The molecule has 0 amide bonds. The Morgan fingerprint density at radius 2 is 0.838 bits per heavy atom. The number of aromatic hydroxyl groups is 2. The fourth-order valence-electron chi connectivity index (χ4n) is 10.9. The summed E-state index contributed by atoms with van der Waals surface area (Å²) in [6.07, 6.45) is 2.15. The number of nitrogens with zero attached hydrogens (tertiary/aromatic N) is 1. The Kier molecular flexibility index (Phi) is 14.7. The Hall–Kier alpha value is -6.10. The van der Waals surface area contributed by atoms with Crippen LogP contribution in [0.4, 0.5) is 0 Å². The number of rotatable bonds is 8. The molecule has 68 heavy (non-hydrogen) atoms. The molecular formula is C63H61NO3Zr+. The van der Waals surface area contributed by atoms with Crippen molar-refractivity contribution in [1.29, 1.82) is 0 Å². The molecule has 1 atom stereocenters. The van der Waals surface area contributed by atoms with Crippen molar-refractivity contribution in [3.63, 3.8) is 0 Å². The van der Waals surface area contributed by atoms with Crippen molar-refractivity contribution in [1.82, 2.24) is 4.90 Å². The Morgan fingerprint density at radius 1 is 0.500 bits per heavy atom. The first-order valence-corrected chi connectivity index (χ1v) is 23.6. The van der Waals surface area contributed by atoms with Crippen molar-refractivity contribution >= 4 is 0 Å². The fourth-order valence-corrected chi connectivity index (χ4v) is 10.9. The van der Waals surface area contributed by atoms with E-state index < -0.39 is 10.8 Å². The van der Waals surface area contributed by atoms with E-state index in [0.29, 0.717) is 31.1 Å². The summed E-state index contributed by atoms with van der Waals surface area (Å²) in [5.74, 6) is 0.672. The molecule has 8 aromatic rings. The van der Waals surface area contributed by atoms with Crippen LogP contribution >= 0.6 is 0 Å². The maximum Gasteiger partial charge on any atom is 3.00 e. The minimum Gasteiger partial charge on any atom is -0.507 e. The molecule has 11 rings (SSSR count). The van der Waals surface area contributed by atoms with Crippen LogP contribution in [0.5, 0.6) is 11.5 Å². The molecule has 4 nitrogen and oxygen atoms in total. The molecule has 1 radical (unpaired) electrons. The van der Waals surface area contributed by atoms with Crippen LogP contribution in [0.2, 0.25) is 0 Å². The first-order chi connectivity index (χ1) is 32.5. The number of hydrogen-bond donors (Lipinski definition) is 2. The molecule has 0 aromatic heterocycles. The average molecular weight is 971 g/mol. The van der Waals surface area contributed by atoms with E-state index in [9.17, 15) is 10.2 Å². The molecule has 1 heterocycles. The minimum absolute atomic E-state index is 0. The summed E-state index contributed by atoms with van der Waals surface area (Å²) in [7, 11) is 0. The first kappa shape index (κ1) is 48.4. The Bertz CT molecular complexity index is 2720. The second-order valence-electron chi connectivity index (χ2n) is 18.8. The van der Waals surface area contributed by atoms with Gasteiger partial charge in [-0.15, -0.1) is 24.3 Å². The van der Waals surface area contributed by atoms with Crippen molar-refractivity contribution < 1.29 is 41.2 Å². The van der Waals surface area contributed by atoms with Gasteiger partial charge in [-0.25, -0.2) is 0 Å². The molecule has 1 fully saturated rings. The summed E-state index contributed by atoms with van der Waals surface area (Å²) in [5, 5.41) is 24.7. The maximum atomic E-state index is 12.4. The summed E-state index contributed by atoms with van der Waals surface area (Å²) in [4.78, 5) is 2.37. The Balaban J connectivity index is 0.000000358. The van der Waals surface area contributed by atoms with Crippen molar-refractivity contribution in [2.75, 3.05) is 13.2 Å². The summed E-state index contributed by atoms with van der Waals surface area (Å²) < 4.78 is 6.20. The minimum atomic E-state index is -0.509. The van der Waals surface area contributed by atoms with Crippen molar-refractivity contribution in [3.05, 3.63) is 263 Å². The first-order valence-electron chi connectivity index (χ1n) is 23.6. The quantitative estimate of drug-likeness (QED) is 0.149. The second kappa shape index (κ2) is 20.6. The van der Waals surface area contributed by atoms with E-state index >= 15 is 0 Å². The molecule has 1 unspecified atom stereocenters. The molecule has 1 aliphatic heterocycles. The zero-order chi connectivity index (χ0) is 46.7. The monoisotopic (exact) mass is 969 g/mol. The molecular weight excluding hydrogens is 910 g/mol. The van der Waals surface area contributed by atoms with Gasteiger partial charge in [0.15, 0.2) is 0 Å². The third-order valence-electron chi connectivity index (χ3n) is 14.1. The Labute approximate surface area is 423 Å². The number of ether oxygens (including phenoxy) is 1.